The number of nitrogens with zero attached hydrogens (tertiary/aromatic N) is 1. The van der Waals surface area contributed by atoms with E-state index in [1.54, 1.807) is 6.20 Å². The summed E-state index contributed by atoms with van der Waals surface area (Å²) in [5.74, 6) is 0. The molecule has 0 atom stereocenters. The predicted molar refractivity (Wildman–Crippen MR) is 65.5 cm³/mol. The van der Waals surface area contributed by atoms with Gasteiger partial charge in [-0.3, -0.25) is 4.98 Å². The van der Waals surface area contributed by atoms with E-state index < -0.39 is 0 Å². The first-order valence-electron chi connectivity index (χ1n) is 5.25. The van der Waals surface area contributed by atoms with Crippen molar-refractivity contribution in [1.82, 2.24) is 9.97 Å². The van der Waals surface area contributed by atoms with Crippen molar-refractivity contribution in [2.24, 2.45) is 0 Å². The lowest BCUT2D eigenvalue weighted by molar-refractivity contribution is 1.09. The minimum Gasteiger partial charge on any atom is -0.360 e. The Balaban J connectivity index is 0. The third kappa shape index (κ3) is 4.08. The van der Waals surface area contributed by atoms with Gasteiger partial charge < -0.3 is 4.98 Å². The minimum atomic E-state index is 0. The van der Waals surface area contributed by atoms with Crippen LogP contribution < -0.4 is 0 Å². The van der Waals surface area contributed by atoms with E-state index in [-0.39, 0.29) is 1.43 Å². The number of H-pyrrole nitrogens is 1. The highest BCUT2D eigenvalue weighted by Crippen LogP contribution is 2.07. The number of pyridine rings is 1. The Morgan fingerprint density at radius 2 is 1.93 bits per heavy atom. The number of aromatic nitrogens is 2. The van der Waals surface area contributed by atoms with Crippen LogP contribution in [0.15, 0.2) is 30.7 Å². The van der Waals surface area contributed by atoms with Gasteiger partial charge in [0.2, 0.25) is 0 Å². The van der Waals surface area contributed by atoms with Crippen LogP contribution in [0.25, 0.3) is 10.9 Å². The standard InChI is InChI=1S/C7H6N2.C3H8.C2H6.H2/c1-3-8-5-7-6(1)2-4-9-7;1-3-2;1-2;/h1-5,9H;3H2,1-2H3;1-2H3;1H. The van der Waals surface area contributed by atoms with Crippen LogP contribution in [0.4, 0.5) is 0 Å². The van der Waals surface area contributed by atoms with Crippen LogP contribution in [0, 0.1) is 0 Å². The van der Waals surface area contributed by atoms with Gasteiger partial charge in [-0.25, -0.2) is 0 Å². The molecule has 80 valence electrons. The molecule has 2 nitrogen and oxygen atoms in total. The lowest BCUT2D eigenvalue weighted by Crippen LogP contribution is -1.68. The van der Waals surface area contributed by atoms with Crippen LogP contribution in [0.1, 0.15) is 35.5 Å². The van der Waals surface area contributed by atoms with Crippen molar-refractivity contribution < 1.29 is 1.43 Å². The van der Waals surface area contributed by atoms with Crippen LogP contribution in [-0.2, 0) is 0 Å². The predicted octanol–water partition coefficient (Wildman–Crippen LogP) is 4.25. The molecule has 2 heterocycles. The van der Waals surface area contributed by atoms with E-state index >= 15 is 0 Å². The van der Waals surface area contributed by atoms with Gasteiger partial charge in [-0.1, -0.05) is 34.1 Å². The van der Waals surface area contributed by atoms with Crippen LogP contribution in [0.3, 0.4) is 0 Å². The Labute approximate surface area is 87.9 Å². The number of hydrogen-bond acceptors (Lipinski definition) is 1. The molecule has 0 amide bonds. The number of aromatic amines is 1. The average Bonchev–Trinajstić information content (AvgIpc) is 2.69. The highest BCUT2D eigenvalue weighted by atomic mass is 14.7. The normalized spacial score (nSPS) is 8.29. The van der Waals surface area contributed by atoms with E-state index in [4.69, 9.17) is 0 Å². The lowest BCUT2D eigenvalue weighted by atomic mass is 10.3. The van der Waals surface area contributed by atoms with E-state index in [9.17, 15) is 0 Å². The van der Waals surface area contributed by atoms with Gasteiger partial charge in [-0.15, -0.1) is 0 Å². The summed E-state index contributed by atoms with van der Waals surface area (Å²) in [4.78, 5) is 7.01. The summed E-state index contributed by atoms with van der Waals surface area (Å²) >= 11 is 0. The molecular formula is C12H22N2. The summed E-state index contributed by atoms with van der Waals surface area (Å²) < 4.78 is 0. The minimum absolute atomic E-state index is 0. The molecule has 0 radical (unpaired) electrons. The maximum absolute atomic E-state index is 3.95. The Morgan fingerprint density at radius 1 is 1.29 bits per heavy atom. The molecule has 0 aliphatic rings. The van der Waals surface area contributed by atoms with Crippen LogP contribution in [0.5, 0.6) is 0 Å². The summed E-state index contributed by atoms with van der Waals surface area (Å²) in [7, 11) is 0. The fraction of sp³-hybridized carbons (Fsp3) is 0.417. The fourth-order valence-corrected chi connectivity index (χ4v) is 0.892. The van der Waals surface area contributed by atoms with Crippen molar-refractivity contribution in [2.75, 3.05) is 0 Å². The van der Waals surface area contributed by atoms with E-state index in [2.05, 4.69) is 23.8 Å². The van der Waals surface area contributed by atoms with Gasteiger partial charge in [0.1, 0.15) is 0 Å². The second-order valence-corrected chi connectivity index (χ2v) is 2.65. The lowest BCUT2D eigenvalue weighted by Gasteiger charge is -1.82. The maximum atomic E-state index is 3.95. The molecule has 14 heavy (non-hydrogen) atoms. The molecule has 1 N–H and O–H groups in total. The number of hydrogen-bond donors (Lipinski definition) is 1. The van der Waals surface area contributed by atoms with E-state index in [1.807, 2.05) is 38.4 Å². The van der Waals surface area contributed by atoms with Crippen molar-refractivity contribution in [2.45, 2.75) is 34.1 Å². The van der Waals surface area contributed by atoms with Crippen molar-refractivity contribution in [3.63, 3.8) is 0 Å². The second kappa shape index (κ2) is 8.30. The molecular weight excluding hydrogens is 172 g/mol. The Kier molecular flexibility index (Phi) is 7.52. The quantitative estimate of drug-likeness (QED) is 0.667. The second-order valence-electron chi connectivity index (χ2n) is 2.65. The SMILES string of the molecule is CC.CCC.[HH].c1cc2cc[nH]c2cn1. The van der Waals surface area contributed by atoms with Crippen molar-refractivity contribution in [3.05, 3.63) is 30.7 Å². The third-order valence-corrected chi connectivity index (χ3v) is 1.36. The zero-order valence-electron chi connectivity index (χ0n) is 9.54. The van der Waals surface area contributed by atoms with Gasteiger partial charge in [0.05, 0.1) is 11.7 Å². The monoisotopic (exact) mass is 194 g/mol. The highest BCUT2D eigenvalue weighted by molar-refractivity contribution is 5.77. The Hall–Kier alpha value is -1.31. The molecule has 0 saturated carbocycles. The van der Waals surface area contributed by atoms with Crippen molar-refractivity contribution in [1.29, 1.82) is 0 Å². The molecule has 2 rings (SSSR count). The van der Waals surface area contributed by atoms with Crippen LogP contribution in [0.2, 0.25) is 0 Å². The number of nitrogens with one attached hydrogen (secondary N) is 1. The summed E-state index contributed by atoms with van der Waals surface area (Å²) in [5, 5.41) is 1.21. The molecule has 0 aromatic carbocycles. The van der Waals surface area contributed by atoms with E-state index in [0.717, 1.165) is 5.52 Å². The topological polar surface area (TPSA) is 28.7 Å². The number of fused-ring (bicyclic) bond motifs is 1. The molecule has 2 aromatic heterocycles. The van der Waals surface area contributed by atoms with Gasteiger partial charge >= 0.3 is 0 Å². The van der Waals surface area contributed by atoms with Gasteiger partial charge in [0.15, 0.2) is 0 Å². The van der Waals surface area contributed by atoms with Gasteiger partial charge in [-0.2, -0.15) is 0 Å². The average molecular weight is 194 g/mol. The smallest absolute Gasteiger partial charge is 0.0640 e. The molecule has 0 aliphatic heterocycles. The first kappa shape index (κ1) is 12.7. The van der Waals surface area contributed by atoms with Crippen molar-refractivity contribution >= 4 is 10.9 Å². The molecule has 0 bridgehead atoms. The zero-order valence-corrected chi connectivity index (χ0v) is 9.54. The van der Waals surface area contributed by atoms with E-state index in [1.165, 1.54) is 11.8 Å². The zero-order chi connectivity index (χ0) is 10.8. The molecule has 2 aromatic rings. The summed E-state index contributed by atoms with van der Waals surface area (Å²) in [6, 6.07) is 4.00. The molecule has 0 saturated heterocycles. The summed E-state index contributed by atoms with van der Waals surface area (Å²) in [6.07, 6.45) is 6.76. The molecule has 0 spiro atoms. The Morgan fingerprint density at radius 3 is 2.50 bits per heavy atom. The van der Waals surface area contributed by atoms with Gasteiger partial charge in [-0.05, 0) is 12.1 Å². The van der Waals surface area contributed by atoms with Gasteiger partial charge in [0.25, 0.3) is 0 Å². The molecule has 0 unspecified atom stereocenters. The van der Waals surface area contributed by atoms with Gasteiger partial charge in [0, 0.05) is 19.2 Å². The highest BCUT2D eigenvalue weighted by Gasteiger charge is 1.87. The first-order chi connectivity index (χ1) is 6.88. The molecule has 2 heteroatoms. The van der Waals surface area contributed by atoms with E-state index in [0.29, 0.717) is 0 Å². The first-order valence-corrected chi connectivity index (χ1v) is 5.25. The fourth-order valence-electron chi connectivity index (χ4n) is 0.892. The Bertz CT molecular complexity index is 301. The molecule has 0 fully saturated rings. The largest absolute Gasteiger partial charge is 0.360 e. The maximum Gasteiger partial charge on any atom is 0.0640 e. The van der Waals surface area contributed by atoms with Crippen molar-refractivity contribution in [3.8, 4) is 0 Å². The third-order valence-electron chi connectivity index (χ3n) is 1.36. The summed E-state index contributed by atoms with van der Waals surface area (Å²) in [5.41, 5.74) is 1.09. The molecule has 0 aliphatic carbocycles. The summed E-state index contributed by atoms with van der Waals surface area (Å²) in [6.45, 7) is 8.25. The van der Waals surface area contributed by atoms with Crippen LogP contribution in [-0.4, -0.2) is 9.97 Å². The van der Waals surface area contributed by atoms with Crippen LogP contribution >= 0.6 is 0 Å². The number of rotatable bonds is 0.